The summed E-state index contributed by atoms with van der Waals surface area (Å²) in [6.07, 6.45) is 0. The van der Waals surface area contributed by atoms with E-state index >= 15 is 0 Å². The van der Waals surface area contributed by atoms with Gasteiger partial charge in [0.1, 0.15) is 0 Å². The number of sulfonamides is 1. The molecule has 3 aromatic carbocycles. The Morgan fingerprint density at radius 1 is 0.727 bits per heavy atom. The molecule has 0 radical (unpaired) electrons. The lowest BCUT2D eigenvalue weighted by molar-refractivity contribution is 0.156. The third-order valence-corrected chi connectivity index (χ3v) is 8.10. The van der Waals surface area contributed by atoms with E-state index in [1.54, 1.807) is 28.6 Å². The second kappa shape index (κ2) is 8.94. The number of nitrogens with one attached hydrogen (secondary N) is 1. The van der Waals surface area contributed by atoms with Crippen LogP contribution in [0.4, 0.5) is 0 Å². The summed E-state index contributed by atoms with van der Waals surface area (Å²) in [5.41, 5.74) is 2.81. The van der Waals surface area contributed by atoms with Crippen molar-refractivity contribution in [2.24, 2.45) is 0 Å². The van der Waals surface area contributed by atoms with Crippen LogP contribution in [0.5, 0.6) is 0 Å². The molecule has 0 amide bonds. The lowest BCUT2D eigenvalue weighted by Crippen LogP contribution is -2.49. The molecule has 1 N–H and O–H groups in total. The number of hydrogen-bond acceptors (Lipinski definition) is 4. The van der Waals surface area contributed by atoms with Crippen molar-refractivity contribution in [2.45, 2.75) is 10.9 Å². The molecule has 2 heterocycles. The Balaban J connectivity index is 1.38. The summed E-state index contributed by atoms with van der Waals surface area (Å²) < 4.78 is 28.3. The highest BCUT2D eigenvalue weighted by Crippen LogP contribution is 2.30. The number of benzene rings is 3. The summed E-state index contributed by atoms with van der Waals surface area (Å²) in [4.78, 5) is 16.8. The Morgan fingerprint density at radius 3 is 1.94 bits per heavy atom. The van der Waals surface area contributed by atoms with Gasteiger partial charge < -0.3 is 4.98 Å². The van der Waals surface area contributed by atoms with E-state index in [0.29, 0.717) is 37.1 Å². The van der Waals surface area contributed by atoms with Crippen LogP contribution in [0.15, 0.2) is 101 Å². The van der Waals surface area contributed by atoms with Gasteiger partial charge >= 0.3 is 0 Å². The van der Waals surface area contributed by atoms with Crippen LogP contribution in [0.3, 0.4) is 0 Å². The highest BCUT2D eigenvalue weighted by molar-refractivity contribution is 7.89. The van der Waals surface area contributed by atoms with E-state index in [4.69, 9.17) is 0 Å². The summed E-state index contributed by atoms with van der Waals surface area (Å²) in [7, 11) is -3.63. The molecule has 4 aromatic rings. The molecular weight excluding hydrogens is 434 g/mol. The SMILES string of the molecule is O=c1ccc2cc(S(=O)(=O)N3CCN(C(c4ccccc4)c4ccccc4)CC3)ccc2[nH]1. The largest absolute Gasteiger partial charge is 0.322 e. The smallest absolute Gasteiger partial charge is 0.248 e. The van der Waals surface area contributed by atoms with Crippen molar-refractivity contribution in [2.75, 3.05) is 26.2 Å². The highest BCUT2D eigenvalue weighted by atomic mass is 32.2. The minimum absolute atomic E-state index is 0.0785. The topological polar surface area (TPSA) is 73.5 Å². The summed E-state index contributed by atoms with van der Waals surface area (Å²) in [6, 6.07) is 28.7. The molecule has 0 atom stereocenters. The first-order valence-corrected chi connectivity index (χ1v) is 12.4. The van der Waals surface area contributed by atoms with Gasteiger partial charge in [-0.1, -0.05) is 60.7 Å². The van der Waals surface area contributed by atoms with Crippen LogP contribution < -0.4 is 5.56 Å². The van der Waals surface area contributed by atoms with Gasteiger partial charge in [0.15, 0.2) is 0 Å². The fraction of sp³-hybridized carbons (Fsp3) is 0.192. The minimum Gasteiger partial charge on any atom is -0.322 e. The first kappa shape index (κ1) is 21.6. The molecular formula is C26H25N3O3S. The number of H-pyrrole nitrogens is 1. The van der Waals surface area contributed by atoms with E-state index < -0.39 is 10.0 Å². The number of aromatic nitrogens is 1. The van der Waals surface area contributed by atoms with E-state index in [-0.39, 0.29) is 16.5 Å². The van der Waals surface area contributed by atoms with Crippen molar-refractivity contribution in [1.29, 1.82) is 0 Å². The summed E-state index contributed by atoms with van der Waals surface area (Å²) in [6.45, 7) is 2.10. The third-order valence-electron chi connectivity index (χ3n) is 6.20. The van der Waals surface area contributed by atoms with Gasteiger partial charge in [0.25, 0.3) is 0 Å². The number of aromatic amines is 1. The molecule has 1 fully saturated rings. The monoisotopic (exact) mass is 459 g/mol. The van der Waals surface area contributed by atoms with E-state index in [0.717, 1.165) is 0 Å². The normalized spacial score (nSPS) is 15.8. The average molecular weight is 460 g/mol. The first-order valence-electron chi connectivity index (χ1n) is 11.0. The van der Waals surface area contributed by atoms with Crippen molar-refractivity contribution >= 4 is 20.9 Å². The zero-order chi connectivity index (χ0) is 22.8. The molecule has 0 spiro atoms. The summed E-state index contributed by atoms with van der Waals surface area (Å²) in [5, 5.41) is 0.697. The number of hydrogen-bond donors (Lipinski definition) is 1. The molecule has 0 saturated carbocycles. The van der Waals surface area contributed by atoms with Crippen molar-refractivity contribution in [3.63, 3.8) is 0 Å². The summed E-state index contributed by atoms with van der Waals surface area (Å²) in [5.74, 6) is 0. The molecule has 1 saturated heterocycles. The molecule has 0 unspecified atom stereocenters. The van der Waals surface area contributed by atoms with Crippen LogP contribution in [0.25, 0.3) is 10.9 Å². The maximum Gasteiger partial charge on any atom is 0.248 e. The van der Waals surface area contributed by atoms with Crippen LogP contribution in [-0.4, -0.2) is 48.8 Å². The molecule has 5 rings (SSSR count). The van der Waals surface area contributed by atoms with Gasteiger partial charge in [-0.2, -0.15) is 4.31 Å². The van der Waals surface area contributed by atoms with Crippen molar-refractivity contribution in [1.82, 2.24) is 14.2 Å². The van der Waals surface area contributed by atoms with Crippen LogP contribution >= 0.6 is 0 Å². The maximum atomic E-state index is 13.3. The predicted octanol–water partition coefficient (Wildman–Crippen LogP) is 3.62. The van der Waals surface area contributed by atoms with Gasteiger partial charge in [-0.15, -0.1) is 0 Å². The molecule has 7 heteroatoms. The Morgan fingerprint density at radius 2 is 1.33 bits per heavy atom. The average Bonchev–Trinajstić information content (AvgIpc) is 2.85. The highest BCUT2D eigenvalue weighted by Gasteiger charge is 2.32. The van der Waals surface area contributed by atoms with E-state index in [1.807, 2.05) is 36.4 Å². The maximum absolute atomic E-state index is 13.3. The number of nitrogens with zero attached hydrogens (tertiary/aromatic N) is 2. The van der Waals surface area contributed by atoms with Gasteiger partial charge in [-0.3, -0.25) is 9.69 Å². The quantitative estimate of drug-likeness (QED) is 0.495. The van der Waals surface area contributed by atoms with E-state index in [9.17, 15) is 13.2 Å². The lowest BCUT2D eigenvalue weighted by Gasteiger charge is -2.39. The second-order valence-electron chi connectivity index (χ2n) is 8.24. The minimum atomic E-state index is -3.63. The molecule has 6 nitrogen and oxygen atoms in total. The summed E-state index contributed by atoms with van der Waals surface area (Å²) >= 11 is 0. The predicted molar refractivity (Wildman–Crippen MR) is 130 cm³/mol. The van der Waals surface area contributed by atoms with Crippen molar-refractivity contribution in [3.8, 4) is 0 Å². The molecule has 1 aliphatic heterocycles. The molecule has 1 aromatic heterocycles. The van der Waals surface area contributed by atoms with Crippen LogP contribution in [0, 0.1) is 0 Å². The second-order valence-corrected chi connectivity index (χ2v) is 10.2. The molecule has 168 valence electrons. The van der Waals surface area contributed by atoms with Crippen LogP contribution in [0.1, 0.15) is 17.2 Å². The zero-order valence-electron chi connectivity index (χ0n) is 18.1. The number of pyridine rings is 1. The molecule has 33 heavy (non-hydrogen) atoms. The Hall–Kier alpha value is -3.26. The Kier molecular flexibility index (Phi) is 5.85. The van der Waals surface area contributed by atoms with Gasteiger partial charge in [0.05, 0.1) is 10.9 Å². The Labute approximate surface area is 193 Å². The number of fused-ring (bicyclic) bond motifs is 1. The van der Waals surface area contributed by atoms with E-state index in [2.05, 4.69) is 34.1 Å². The molecule has 0 bridgehead atoms. The van der Waals surface area contributed by atoms with Crippen molar-refractivity contribution in [3.05, 3.63) is 112 Å². The standard InChI is InChI=1S/C26H25N3O3S/c30-25-14-11-22-19-23(12-13-24(22)27-25)33(31,32)29-17-15-28(16-18-29)26(20-7-3-1-4-8-20)21-9-5-2-6-10-21/h1-14,19,26H,15-18H2,(H,27,30). The number of rotatable bonds is 5. The van der Waals surface area contributed by atoms with Gasteiger partial charge in [-0.25, -0.2) is 8.42 Å². The van der Waals surface area contributed by atoms with Gasteiger partial charge in [0.2, 0.25) is 15.6 Å². The van der Waals surface area contributed by atoms with Crippen LogP contribution in [0.2, 0.25) is 0 Å². The fourth-order valence-electron chi connectivity index (χ4n) is 4.53. The number of piperazine rings is 1. The lowest BCUT2D eigenvalue weighted by atomic mass is 9.96. The third kappa shape index (κ3) is 4.35. The molecule has 1 aliphatic rings. The van der Waals surface area contributed by atoms with E-state index in [1.165, 1.54) is 17.2 Å². The fourth-order valence-corrected chi connectivity index (χ4v) is 5.99. The first-order chi connectivity index (χ1) is 16.0. The Bertz CT molecular complexity index is 1370. The van der Waals surface area contributed by atoms with Crippen LogP contribution in [-0.2, 0) is 10.0 Å². The molecule has 0 aliphatic carbocycles. The zero-order valence-corrected chi connectivity index (χ0v) is 18.9. The van der Waals surface area contributed by atoms with Crippen molar-refractivity contribution < 1.29 is 8.42 Å². The van der Waals surface area contributed by atoms with Gasteiger partial charge in [0, 0.05) is 37.8 Å². The van der Waals surface area contributed by atoms with Gasteiger partial charge in [-0.05, 0) is 40.8 Å².